The summed E-state index contributed by atoms with van der Waals surface area (Å²) in [5, 5.41) is 8.94. The summed E-state index contributed by atoms with van der Waals surface area (Å²) in [6, 6.07) is 2.07. The summed E-state index contributed by atoms with van der Waals surface area (Å²) in [5.41, 5.74) is 0. The second-order valence-electron chi connectivity index (χ2n) is 2.69. The van der Waals surface area contributed by atoms with Gasteiger partial charge in [-0.05, 0) is 19.3 Å². The Bertz CT molecular complexity index is 213. The predicted molar refractivity (Wildman–Crippen MR) is 48.4 cm³/mol. The van der Waals surface area contributed by atoms with Crippen molar-refractivity contribution in [3.8, 4) is 6.07 Å². The molecule has 1 saturated heterocycles. The van der Waals surface area contributed by atoms with Gasteiger partial charge in [-0.25, -0.2) is 0 Å². The zero-order valence-electron chi connectivity index (χ0n) is 6.99. The lowest BCUT2D eigenvalue weighted by Gasteiger charge is -2.20. The van der Waals surface area contributed by atoms with Gasteiger partial charge >= 0.3 is 0 Å². The van der Waals surface area contributed by atoms with E-state index in [0.717, 1.165) is 6.54 Å². The minimum atomic E-state index is 0.416. The fourth-order valence-electron chi connectivity index (χ4n) is 1.02. The molecule has 4 nitrogen and oxygen atoms in total. The van der Waals surface area contributed by atoms with Crippen molar-refractivity contribution in [2.75, 3.05) is 33.4 Å². The summed E-state index contributed by atoms with van der Waals surface area (Å²) < 4.78 is 5.09. The van der Waals surface area contributed by atoms with Crippen molar-refractivity contribution in [3.63, 3.8) is 0 Å². The van der Waals surface area contributed by atoms with Gasteiger partial charge in [0.2, 0.25) is 0 Å². The highest BCUT2D eigenvalue weighted by molar-refractivity contribution is 7.80. The Morgan fingerprint density at radius 1 is 1.83 bits per heavy atom. The van der Waals surface area contributed by atoms with Crippen LogP contribution in [0.3, 0.4) is 0 Å². The second kappa shape index (κ2) is 4.24. The zero-order valence-corrected chi connectivity index (χ0v) is 7.80. The van der Waals surface area contributed by atoms with E-state index >= 15 is 0 Å². The Kier molecular flexibility index (Phi) is 3.26. The summed E-state index contributed by atoms with van der Waals surface area (Å²) >= 11 is 4.94. The van der Waals surface area contributed by atoms with Crippen LogP contribution in [0.15, 0.2) is 0 Å². The van der Waals surface area contributed by atoms with E-state index in [2.05, 4.69) is 6.07 Å². The van der Waals surface area contributed by atoms with E-state index in [9.17, 15) is 0 Å². The fourth-order valence-corrected chi connectivity index (χ4v) is 1.25. The molecule has 1 aliphatic heterocycles. The monoisotopic (exact) mass is 185 g/mol. The highest BCUT2D eigenvalue weighted by atomic mass is 32.1. The fraction of sp³-hybridized carbons (Fsp3) is 0.714. The molecule has 0 aromatic rings. The number of nitrogens with zero attached hydrogens (tertiary/aromatic N) is 3. The molecule has 5 heteroatoms. The van der Waals surface area contributed by atoms with Crippen LogP contribution in [0.2, 0.25) is 0 Å². The molecule has 0 saturated carbocycles. The number of hydrogen-bond donors (Lipinski definition) is 0. The van der Waals surface area contributed by atoms with Gasteiger partial charge in [0.15, 0.2) is 0 Å². The molecular weight excluding hydrogens is 174 g/mol. The lowest BCUT2D eigenvalue weighted by atomic mass is 10.6. The molecule has 0 aliphatic carbocycles. The molecule has 1 heterocycles. The van der Waals surface area contributed by atoms with Crippen LogP contribution >= 0.6 is 12.2 Å². The molecular formula is C7H11N3OS. The van der Waals surface area contributed by atoms with E-state index in [1.807, 2.05) is 16.8 Å². The highest BCUT2D eigenvalue weighted by Crippen LogP contribution is 2.03. The highest BCUT2D eigenvalue weighted by Gasteiger charge is 2.18. The average Bonchev–Trinajstić information content (AvgIpc) is 2.37. The van der Waals surface area contributed by atoms with Crippen LogP contribution in [0.4, 0.5) is 0 Å². The Balaban J connectivity index is 2.31. The first-order valence-corrected chi connectivity index (χ1v) is 4.12. The van der Waals surface area contributed by atoms with E-state index < -0.39 is 0 Å². The maximum Gasteiger partial charge on any atom is 0.260 e. The first-order valence-electron chi connectivity index (χ1n) is 3.71. The Morgan fingerprint density at radius 2 is 2.58 bits per heavy atom. The van der Waals surface area contributed by atoms with Gasteiger partial charge in [-0.15, -0.1) is 0 Å². The third-order valence-electron chi connectivity index (χ3n) is 1.60. The van der Waals surface area contributed by atoms with E-state index in [-0.39, 0.29) is 0 Å². The van der Waals surface area contributed by atoms with Crippen molar-refractivity contribution in [3.05, 3.63) is 0 Å². The van der Waals surface area contributed by atoms with Gasteiger partial charge < -0.3 is 9.64 Å². The molecule has 0 aromatic carbocycles. The largest absolute Gasteiger partial charge is 0.469 e. The van der Waals surface area contributed by atoms with Gasteiger partial charge in [-0.1, -0.05) is 0 Å². The minimum absolute atomic E-state index is 0.416. The summed E-state index contributed by atoms with van der Waals surface area (Å²) in [6.45, 7) is 2.58. The van der Waals surface area contributed by atoms with Crippen LogP contribution in [0.5, 0.6) is 0 Å². The van der Waals surface area contributed by atoms with Crippen LogP contribution in [0.1, 0.15) is 0 Å². The van der Waals surface area contributed by atoms with Gasteiger partial charge in [-0.3, -0.25) is 4.90 Å². The van der Waals surface area contributed by atoms with E-state index in [4.69, 9.17) is 22.2 Å². The number of ether oxygens (including phenoxy) is 1. The molecule has 0 radical (unpaired) electrons. The Hall–Kier alpha value is -0.860. The van der Waals surface area contributed by atoms with Crippen molar-refractivity contribution in [2.24, 2.45) is 0 Å². The molecule has 66 valence electrons. The number of thiocarbonyl (C=S) groups is 1. The molecule has 0 atom stereocenters. The second-order valence-corrected chi connectivity index (χ2v) is 3.04. The third-order valence-corrected chi connectivity index (χ3v) is 1.97. The van der Waals surface area contributed by atoms with Crippen LogP contribution in [0, 0.1) is 11.3 Å². The summed E-state index contributed by atoms with van der Waals surface area (Å²) in [6.07, 6.45) is 0. The summed E-state index contributed by atoms with van der Waals surface area (Å²) in [5.74, 6) is 0. The molecule has 0 N–H and O–H groups in total. The molecule has 0 spiro atoms. The van der Waals surface area contributed by atoms with Crippen molar-refractivity contribution in [1.29, 1.82) is 5.26 Å². The van der Waals surface area contributed by atoms with Gasteiger partial charge in [0.1, 0.15) is 6.61 Å². The van der Waals surface area contributed by atoms with Crippen LogP contribution < -0.4 is 0 Å². The number of hydrogen-bond acceptors (Lipinski definition) is 4. The number of nitriles is 1. The maximum absolute atomic E-state index is 8.40. The zero-order chi connectivity index (χ0) is 8.97. The number of rotatable bonds is 3. The molecule has 0 aromatic heterocycles. The molecule has 0 unspecified atom stereocenters. The molecule has 1 fully saturated rings. The van der Waals surface area contributed by atoms with Gasteiger partial charge in [0, 0.05) is 0 Å². The normalized spacial score (nSPS) is 16.4. The van der Waals surface area contributed by atoms with Gasteiger partial charge in [-0.2, -0.15) is 5.26 Å². The molecule has 0 bridgehead atoms. The van der Waals surface area contributed by atoms with Crippen molar-refractivity contribution in [1.82, 2.24) is 9.80 Å². The van der Waals surface area contributed by atoms with Crippen LogP contribution in [-0.2, 0) is 4.74 Å². The first-order chi connectivity index (χ1) is 5.74. The molecule has 12 heavy (non-hydrogen) atoms. The van der Waals surface area contributed by atoms with Gasteiger partial charge in [0.25, 0.3) is 5.17 Å². The predicted octanol–water partition coefficient (Wildman–Crippen LogP) is 0.0164. The Morgan fingerprint density at radius 3 is 3.08 bits per heavy atom. The molecule has 0 amide bonds. The SMILES string of the molecule is CN(CC#N)CN1CCOC1=S. The minimum Gasteiger partial charge on any atom is -0.469 e. The summed E-state index contributed by atoms with van der Waals surface area (Å²) in [7, 11) is 1.88. The topological polar surface area (TPSA) is 39.5 Å². The standard InChI is InChI=1S/C7H11N3OS/c1-9(3-2-8)6-10-4-5-11-7(10)12/h3-6H2,1H3. The maximum atomic E-state index is 8.40. The Labute approximate surface area is 77.3 Å². The van der Waals surface area contributed by atoms with E-state index in [0.29, 0.717) is 25.0 Å². The van der Waals surface area contributed by atoms with Crippen LogP contribution in [0.25, 0.3) is 0 Å². The van der Waals surface area contributed by atoms with Crippen molar-refractivity contribution >= 4 is 17.4 Å². The van der Waals surface area contributed by atoms with E-state index in [1.165, 1.54) is 0 Å². The van der Waals surface area contributed by atoms with Crippen LogP contribution in [-0.4, -0.2) is 48.4 Å². The summed E-state index contributed by atoms with van der Waals surface area (Å²) in [4.78, 5) is 3.83. The first kappa shape index (κ1) is 9.23. The average molecular weight is 185 g/mol. The van der Waals surface area contributed by atoms with Crippen molar-refractivity contribution in [2.45, 2.75) is 0 Å². The smallest absolute Gasteiger partial charge is 0.260 e. The lowest BCUT2D eigenvalue weighted by molar-refractivity contribution is 0.257. The van der Waals surface area contributed by atoms with Crippen molar-refractivity contribution < 1.29 is 4.74 Å². The quantitative estimate of drug-likeness (QED) is 0.458. The molecule has 1 aliphatic rings. The molecule has 1 rings (SSSR count). The third kappa shape index (κ3) is 2.32. The van der Waals surface area contributed by atoms with Gasteiger partial charge in [0.05, 0.1) is 25.8 Å². The van der Waals surface area contributed by atoms with E-state index in [1.54, 1.807) is 0 Å². The lowest BCUT2D eigenvalue weighted by Crippen LogP contribution is -2.36.